The number of rotatable bonds is 5. The first kappa shape index (κ1) is 15.0. The zero-order valence-corrected chi connectivity index (χ0v) is 11.5. The molecule has 0 aromatic rings. The number of hydrogen-bond donors (Lipinski definition) is 3. The van der Waals surface area contributed by atoms with E-state index in [1.807, 2.05) is 20.8 Å². The van der Waals surface area contributed by atoms with Crippen LogP contribution in [0.5, 0.6) is 0 Å². The molecule has 0 aromatic heterocycles. The number of carboxylic acid groups (broad SMARTS) is 1. The number of carbonyl (C=O) groups is 2. The third-order valence-corrected chi connectivity index (χ3v) is 3.57. The molecule has 1 heterocycles. The highest BCUT2D eigenvalue weighted by atomic mass is 16.4. The summed E-state index contributed by atoms with van der Waals surface area (Å²) >= 11 is 0. The van der Waals surface area contributed by atoms with Gasteiger partial charge in [0.15, 0.2) is 0 Å². The predicted octanol–water partition coefficient (Wildman–Crippen LogP) is 0.992. The van der Waals surface area contributed by atoms with Gasteiger partial charge in [0.1, 0.15) is 6.04 Å². The van der Waals surface area contributed by atoms with Gasteiger partial charge in [-0.2, -0.15) is 0 Å². The van der Waals surface area contributed by atoms with E-state index in [-0.39, 0.29) is 11.8 Å². The molecule has 0 aromatic carbocycles. The van der Waals surface area contributed by atoms with E-state index in [0.29, 0.717) is 6.42 Å². The monoisotopic (exact) mass is 256 g/mol. The normalized spacial score (nSPS) is 20.4. The van der Waals surface area contributed by atoms with E-state index >= 15 is 0 Å². The van der Waals surface area contributed by atoms with Gasteiger partial charge in [-0.05, 0) is 38.3 Å². The Bertz CT molecular complexity index is 309. The molecular weight excluding hydrogens is 232 g/mol. The zero-order valence-electron chi connectivity index (χ0n) is 11.5. The summed E-state index contributed by atoms with van der Waals surface area (Å²) in [6.45, 7) is 7.44. The third kappa shape index (κ3) is 3.98. The number of nitrogens with one attached hydrogen (secondary N) is 2. The van der Waals surface area contributed by atoms with Crippen molar-refractivity contribution in [1.82, 2.24) is 10.6 Å². The first-order chi connectivity index (χ1) is 8.35. The minimum absolute atomic E-state index is 0.128. The summed E-state index contributed by atoms with van der Waals surface area (Å²) in [5, 5.41) is 15.0. The molecule has 1 amide bonds. The van der Waals surface area contributed by atoms with Crippen LogP contribution in [0, 0.1) is 11.3 Å². The van der Waals surface area contributed by atoms with Crippen LogP contribution in [0.4, 0.5) is 0 Å². The van der Waals surface area contributed by atoms with Gasteiger partial charge in [-0.25, -0.2) is 4.79 Å². The minimum Gasteiger partial charge on any atom is -0.480 e. The van der Waals surface area contributed by atoms with Gasteiger partial charge >= 0.3 is 5.97 Å². The molecule has 0 aliphatic carbocycles. The van der Waals surface area contributed by atoms with Crippen molar-refractivity contribution in [2.75, 3.05) is 13.1 Å². The van der Waals surface area contributed by atoms with Crippen LogP contribution in [0.3, 0.4) is 0 Å². The topological polar surface area (TPSA) is 78.4 Å². The van der Waals surface area contributed by atoms with Gasteiger partial charge < -0.3 is 15.7 Å². The minimum atomic E-state index is -0.949. The number of piperidine rings is 1. The Morgan fingerprint density at radius 2 is 1.89 bits per heavy atom. The fourth-order valence-corrected chi connectivity index (χ4v) is 2.23. The summed E-state index contributed by atoms with van der Waals surface area (Å²) in [5.41, 5.74) is -0.435. The van der Waals surface area contributed by atoms with Crippen LogP contribution in [-0.2, 0) is 9.59 Å². The van der Waals surface area contributed by atoms with E-state index in [1.54, 1.807) is 0 Å². The molecule has 18 heavy (non-hydrogen) atoms. The lowest BCUT2D eigenvalue weighted by Crippen LogP contribution is -2.51. The predicted molar refractivity (Wildman–Crippen MR) is 69.2 cm³/mol. The number of aliphatic carboxylic acids is 1. The van der Waals surface area contributed by atoms with Gasteiger partial charge in [-0.3, -0.25) is 4.79 Å². The van der Waals surface area contributed by atoms with Crippen LogP contribution < -0.4 is 10.6 Å². The van der Waals surface area contributed by atoms with E-state index in [4.69, 9.17) is 5.11 Å². The Kier molecular flexibility index (Phi) is 5.14. The second-order valence-corrected chi connectivity index (χ2v) is 5.80. The highest BCUT2D eigenvalue weighted by Gasteiger charge is 2.36. The van der Waals surface area contributed by atoms with Gasteiger partial charge in [0.25, 0.3) is 0 Å². The van der Waals surface area contributed by atoms with E-state index in [9.17, 15) is 9.59 Å². The fraction of sp³-hybridized carbons (Fsp3) is 0.846. The van der Waals surface area contributed by atoms with Crippen LogP contribution in [-0.4, -0.2) is 36.1 Å². The average molecular weight is 256 g/mol. The molecule has 104 valence electrons. The van der Waals surface area contributed by atoms with E-state index < -0.39 is 17.4 Å². The average Bonchev–Trinajstić information content (AvgIpc) is 2.28. The largest absolute Gasteiger partial charge is 0.480 e. The quantitative estimate of drug-likeness (QED) is 0.685. The Labute approximate surface area is 108 Å². The number of hydrogen-bond acceptors (Lipinski definition) is 3. The molecule has 0 saturated carbocycles. The molecule has 1 rings (SSSR count). The van der Waals surface area contributed by atoms with Crippen molar-refractivity contribution in [3.05, 3.63) is 0 Å². The number of amides is 1. The van der Waals surface area contributed by atoms with E-state index in [0.717, 1.165) is 25.9 Å². The Morgan fingerprint density at radius 3 is 2.33 bits per heavy atom. The number of carbonyl (C=O) groups excluding carboxylic acids is 1. The van der Waals surface area contributed by atoms with Gasteiger partial charge in [-0.1, -0.05) is 20.8 Å². The molecule has 0 spiro atoms. The molecule has 3 N–H and O–H groups in total. The molecule has 1 atom stereocenters. The van der Waals surface area contributed by atoms with Crippen molar-refractivity contribution in [2.45, 2.75) is 46.1 Å². The molecule has 1 fully saturated rings. The van der Waals surface area contributed by atoms with Crippen molar-refractivity contribution in [3.63, 3.8) is 0 Å². The molecule has 1 aliphatic rings. The second-order valence-electron chi connectivity index (χ2n) is 5.80. The molecule has 1 aliphatic heterocycles. The molecule has 0 bridgehead atoms. The lowest BCUT2D eigenvalue weighted by molar-refractivity contribution is -0.144. The summed E-state index contributed by atoms with van der Waals surface area (Å²) in [4.78, 5) is 23.3. The molecule has 5 heteroatoms. The molecule has 0 radical (unpaired) electrons. The summed E-state index contributed by atoms with van der Waals surface area (Å²) in [7, 11) is 0. The number of carboxylic acids is 1. The third-order valence-electron chi connectivity index (χ3n) is 3.57. The van der Waals surface area contributed by atoms with Gasteiger partial charge in [-0.15, -0.1) is 0 Å². The SMILES string of the molecule is CC(C)CC(NC(=O)C1(C)CCNCC1)C(=O)O. The highest BCUT2D eigenvalue weighted by Crippen LogP contribution is 2.28. The summed E-state index contributed by atoms with van der Waals surface area (Å²) < 4.78 is 0. The first-order valence-corrected chi connectivity index (χ1v) is 6.59. The van der Waals surface area contributed by atoms with Gasteiger partial charge in [0, 0.05) is 5.41 Å². The molecule has 1 saturated heterocycles. The van der Waals surface area contributed by atoms with Crippen molar-refractivity contribution < 1.29 is 14.7 Å². The Hall–Kier alpha value is -1.10. The second kappa shape index (κ2) is 6.18. The lowest BCUT2D eigenvalue weighted by atomic mass is 9.80. The molecule has 1 unspecified atom stereocenters. The van der Waals surface area contributed by atoms with Crippen molar-refractivity contribution >= 4 is 11.9 Å². The highest BCUT2D eigenvalue weighted by molar-refractivity contribution is 5.87. The zero-order chi connectivity index (χ0) is 13.8. The Morgan fingerprint density at radius 1 is 1.33 bits per heavy atom. The standard InChI is InChI=1S/C13H24N2O3/c1-9(2)8-10(11(16)17)15-12(18)13(3)4-6-14-7-5-13/h9-10,14H,4-8H2,1-3H3,(H,15,18)(H,16,17). The van der Waals surface area contributed by atoms with Crippen molar-refractivity contribution in [3.8, 4) is 0 Å². The summed E-state index contributed by atoms with van der Waals surface area (Å²) in [6.07, 6.45) is 1.98. The van der Waals surface area contributed by atoms with Gasteiger partial charge in [0.05, 0.1) is 0 Å². The van der Waals surface area contributed by atoms with Crippen LogP contribution in [0.1, 0.15) is 40.0 Å². The van der Waals surface area contributed by atoms with Gasteiger partial charge in [0.2, 0.25) is 5.91 Å². The Balaban J connectivity index is 2.62. The summed E-state index contributed by atoms with van der Waals surface area (Å²) in [5.74, 6) is -0.834. The van der Waals surface area contributed by atoms with E-state index in [2.05, 4.69) is 10.6 Å². The molecular formula is C13H24N2O3. The van der Waals surface area contributed by atoms with E-state index in [1.165, 1.54) is 0 Å². The lowest BCUT2D eigenvalue weighted by Gasteiger charge is -2.33. The van der Waals surface area contributed by atoms with Crippen LogP contribution in [0.25, 0.3) is 0 Å². The smallest absolute Gasteiger partial charge is 0.326 e. The van der Waals surface area contributed by atoms with Crippen molar-refractivity contribution in [1.29, 1.82) is 0 Å². The molecule has 5 nitrogen and oxygen atoms in total. The maximum absolute atomic E-state index is 12.2. The van der Waals surface area contributed by atoms with Crippen molar-refractivity contribution in [2.24, 2.45) is 11.3 Å². The van der Waals surface area contributed by atoms with Crippen LogP contribution >= 0.6 is 0 Å². The maximum Gasteiger partial charge on any atom is 0.326 e. The maximum atomic E-state index is 12.2. The summed E-state index contributed by atoms with van der Waals surface area (Å²) in [6, 6.07) is -0.774. The first-order valence-electron chi connectivity index (χ1n) is 6.59. The fourth-order valence-electron chi connectivity index (χ4n) is 2.23. The van der Waals surface area contributed by atoms with Crippen LogP contribution in [0.15, 0.2) is 0 Å². The van der Waals surface area contributed by atoms with Crippen LogP contribution in [0.2, 0.25) is 0 Å².